The van der Waals surface area contributed by atoms with Gasteiger partial charge in [0.2, 0.25) is 0 Å². The number of rotatable bonds is 0. The van der Waals surface area contributed by atoms with Crippen LogP contribution in [0.15, 0.2) is 12.2 Å². The van der Waals surface area contributed by atoms with E-state index < -0.39 is 0 Å². The highest BCUT2D eigenvalue weighted by Gasteiger charge is 2.19. The van der Waals surface area contributed by atoms with Crippen LogP contribution in [0.3, 0.4) is 0 Å². The Hall–Kier alpha value is -0.260. The normalized spacial score (nSPS) is 45.6. The van der Waals surface area contributed by atoms with Gasteiger partial charge in [-0.1, -0.05) is 32.9 Å². The van der Waals surface area contributed by atoms with Gasteiger partial charge >= 0.3 is 0 Å². The average Bonchev–Trinajstić information content (AvgIpc) is 1.98. The van der Waals surface area contributed by atoms with Crippen LogP contribution in [-0.2, 0) is 0 Å². The van der Waals surface area contributed by atoms with Gasteiger partial charge in [0.15, 0.2) is 0 Å². The van der Waals surface area contributed by atoms with Crippen molar-refractivity contribution in [3.05, 3.63) is 12.2 Å². The average molecular weight is 110 g/mol. The number of allylic oxidation sites excluding steroid dienone is 2. The van der Waals surface area contributed by atoms with Gasteiger partial charge in [-0.05, 0) is 17.8 Å². The van der Waals surface area contributed by atoms with Crippen molar-refractivity contribution >= 4 is 0 Å². The van der Waals surface area contributed by atoms with Crippen LogP contribution in [0.4, 0.5) is 0 Å². The maximum absolute atomic E-state index is 2.31. The van der Waals surface area contributed by atoms with Crippen molar-refractivity contribution in [3.63, 3.8) is 0 Å². The molecule has 1 rings (SSSR count). The van der Waals surface area contributed by atoms with Crippen molar-refractivity contribution in [2.45, 2.75) is 20.8 Å². The first-order valence-corrected chi connectivity index (χ1v) is 3.40. The molecule has 0 N–H and O–H groups in total. The zero-order chi connectivity index (χ0) is 6.15. The first kappa shape index (κ1) is 5.87. The van der Waals surface area contributed by atoms with E-state index >= 15 is 0 Å². The Kier molecular flexibility index (Phi) is 1.41. The quantitative estimate of drug-likeness (QED) is 0.420. The lowest BCUT2D eigenvalue weighted by atomic mass is 9.93. The highest BCUT2D eigenvalue weighted by atomic mass is 14.2. The molecule has 1 aliphatic rings. The smallest absolute Gasteiger partial charge is 0.0231 e. The summed E-state index contributed by atoms with van der Waals surface area (Å²) in [6, 6.07) is 0. The van der Waals surface area contributed by atoms with E-state index in [1.54, 1.807) is 0 Å². The van der Waals surface area contributed by atoms with Gasteiger partial charge in [0.1, 0.15) is 0 Å². The van der Waals surface area contributed by atoms with Crippen LogP contribution < -0.4 is 0 Å². The standard InChI is InChI=1S/C8H14/c1-6-4-5-7(2)8(6)3/h4-8H,1-3H3/t6-,7?,8?/m0/s1. The molecule has 0 saturated carbocycles. The zero-order valence-corrected chi connectivity index (χ0v) is 5.89. The molecule has 0 amide bonds. The van der Waals surface area contributed by atoms with E-state index in [2.05, 4.69) is 32.9 Å². The van der Waals surface area contributed by atoms with Crippen molar-refractivity contribution in [2.75, 3.05) is 0 Å². The topological polar surface area (TPSA) is 0 Å². The third-order valence-electron chi connectivity index (χ3n) is 2.38. The molecule has 1 aliphatic carbocycles. The fourth-order valence-corrected chi connectivity index (χ4v) is 1.18. The van der Waals surface area contributed by atoms with Gasteiger partial charge in [0.25, 0.3) is 0 Å². The summed E-state index contributed by atoms with van der Waals surface area (Å²) in [5.41, 5.74) is 0. The summed E-state index contributed by atoms with van der Waals surface area (Å²) < 4.78 is 0. The Morgan fingerprint density at radius 2 is 1.25 bits per heavy atom. The fraction of sp³-hybridized carbons (Fsp3) is 0.750. The lowest BCUT2D eigenvalue weighted by molar-refractivity contribution is 0.406. The van der Waals surface area contributed by atoms with Gasteiger partial charge in [0.05, 0.1) is 0 Å². The Balaban J connectivity index is 2.55. The first-order chi connectivity index (χ1) is 3.72. The van der Waals surface area contributed by atoms with Crippen molar-refractivity contribution in [1.29, 1.82) is 0 Å². The van der Waals surface area contributed by atoms with E-state index in [-0.39, 0.29) is 0 Å². The lowest BCUT2D eigenvalue weighted by Gasteiger charge is -2.12. The van der Waals surface area contributed by atoms with E-state index in [0.717, 1.165) is 17.8 Å². The minimum atomic E-state index is 0.810. The molecule has 0 aromatic heterocycles. The van der Waals surface area contributed by atoms with Crippen molar-refractivity contribution < 1.29 is 0 Å². The molecule has 8 heavy (non-hydrogen) atoms. The summed E-state index contributed by atoms with van der Waals surface area (Å²) in [6.45, 7) is 6.88. The van der Waals surface area contributed by atoms with E-state index in [4.69, 9.17) is 0 Å². The number of hydrogen-bond donors (Lipinski definition) is 0. The van der Waals surface area contributed by atoms with Gasteiger partial charge in [0, 0.05) is 0 Å². The molecule has 2 unspecified atom stereocenters. The van der Waals surface area contributed by atoms with Crippen LogP contribution in [0, 0.1) is 17.8 Å². The molecule has 0 heteroatoms. The fourth-order valence-electron chi connectivity index (χ4n) is 1.18. The minimum Gasteiger partial charge on any atom is -0.0851 e. The Bertz CT molecular complexity index is 90.6. The maximum atomic E-state index is 2.31. The Morgan fingerprint density at radius 1 is 0.875 bits per heavy atom. The van der Waals surface area contributed by atoms with Gasteiger partial charge in [-0.3, -0.25) is 0 Å². The second-order valence-electron chi connectivity index (χ2n) is 2.96. The molecule has 0 aliphatic heterocycles. The second-order valence-corrected chi connectivity index (χ2v) is 2.96. The predicted molar refractivity (Wildman–Crippen MR) is 36.6 cm³/mol. The molecular weight excluding hydrogens is 96.1 g/mol. The van der Waals surface area contributed by atoms with Crippen LogP contribution in [0.1, 0.15) is 20.8 Å². The van der Waals surface area contributed by atoms with E-state index in [1.807, 2.05) is 0 Å². The molecule has 0 aromatic rings. The summed E-state index contributed by atoms with van der Waals surface area (Å²) in [6.07, 6.45) is 4.63. The molecule has 0 spiro atoms. The van der Waals surface area contributed by atoms with Crippen LogP contribution in [0.2, 0.25) is 0 Å². The monoisotopic (exact) mass is 110 g/mol. The summed E-state index contributed by atoms with van der Waals surface area (Å²) in [5, 5.41) is 0. The molecule has 46 valence electrons. The zero-order valence-electron chi connectivity index (χ0n) is 5.89. The SMILES string of the molecule is CC1C=C[C@H](C)C1C. The van der Waals surface area contributed by atoms with Crippen LogP contribution in [0.25, 0.3) is 0 Å². The second kappa shape index (κ2) is 1.93. The maximum Gasteiger partial charge on any atom is -0.0231 e. The Labute approximate surface area is 51.6 Å². The van der Waals surface area contributed by atoms with Gasteiger partial charge in [-0.15, -0.1) is 0 Å². The van der Waals surface area contributed by atoms with Gasteiger partial charge in [-0.25, -0.2) is 0 Å². The molecule has 0 nitrogen and oxygen atoms in total. The summed E-state index contributed by atoms with van der Waals surface area (Å²) in [7, 11) is 0. The Morgan fingerprint density at radius 3 is 1.38 bits per heavy atom. The summed E-state index contributed by atoms with van der Waals surface area (Å²) >= 11 is 0. The molecule has 3 atom stereocenters. The van der Waals surface area contributed by atoms with Crippen molar-refractivity contribution in [2.24, 2.45) is 17.8 Å². The molecule has 0 bridgehead atoms. The molecular formula is C8H14. The highest BCUT2D eigenvalue weighted by molar-refractivity contribution is 5.02. The van der Waals surface area contributed by atoms with E-state index in [1.165, 1.54) is 0 Å². The minimum absolute atomic E-state index is 0.810. The van der Waals surface area contributed by atoms with Gasteiger partial charge < -0.3 is 0 Å². The lowest BCUT2D eigenvalue weighted by Crippen LogP contribution is -2.05. The van der Waals surface area contributed by atoms with Crippen molar-refractivity contribution in [1.82, 2.24) is 0 Å². The van der Waals surface area contributed by atoms with Crippen LogP contribution in [-0.4, -0.2) is 0 Å². The molecule has 0 radical (unpaired) electrons. The summed E-state index contributed by atoms with van der Waals surface area (Å²) in [5.74, 6) is 2.49. The number of hydrogen-bond acceptors (Lipinski definition) is 0. The highest BCUT2D eigenvalue weighted by Crippen LogP contribution is 2.28. The first-order valence-electron chi connectivity index (χ1n) is 3.40. The molecule has 0 heterocycles. The van der Waals surface area contributed by atoms with E-state index in [9.17, 15) is 0 Å². The largest absolute Gasteiger partial charge is 0.0851 e. The molecule has 0 saturated heterocycles. The van der Waals surface area contributed by atoms with E-state index in [0.29, 0.717) is 0 Å². The third-order valence-corrected chi connectivity index (χ3v) is 2.38. The van der Waals surface area contributed by atoms with Crippen LogP contribution >= 0.6 is 0 Å². The molecule has 0 fully saturated rings. The van der Waals surface area contributed by atoms with Crippen LogP contribution in [0.5, 0.6) is 0 Å². The predicted octanol–water partition coefficient (Wildman–Crippen LogP) is 2.46. The van der Waals surface area contributed by atoms with Crippen molar-refractivity contribution in [3.8, 4) is 0 Å². The summed E-state index contributed by atoms with van der Waals surface area (Å²) in [4.78, 5) is 0. The van der Waals surface area contributed by atoms with Gasteiger partial charge in [-0.2, -0.15) is 0 Å². The molecule has 0 aromatic carbocycles. The third kappa shape index (κ3) is 0.795.